The molecule has 0 aliphatic carbocycles. The Kier molecular flexibility index (Phi) is 6.12. The Bertz CT molecular complexity index is 1080. The largest absolute Gasteiger partial charge is 0.504 e. The number of phenols is 1. The second kappa shape index (κ2) is 8.59. The van der Waals surface area contributed by atoms with E-state index in [-0.39, 0.29) is 28.3 Å². The molecule has 0 unspecified atom stereocenters. The van der Waals surface area contributed by atoms with Gasteiger partial charge in [0.1, 0.15) is 0 Å². The number of phenolic OH excluding ortho intramolecular Hbond substituents is 1. The number of hydrogen-bond donors (Lipinski definition) is 1. The van der Waals surface area contributed by atoms with Gasteiger partial charge in [-0.25, -0.2) is 4.79 Å². The molecule has 156 valence electrons. The van der Waals surface area contributed by atoms with Crippen LogP contribution in [0.15, 0.2) is 47.1 Å². The van der Waals surface area contributed by atoms with E-state index in [1.165, 1.54) is 30.3 Å². The van der Waals surface area contributed by atoms with Crippen molar-refractivity contribution in [2.24, 2.45) is 5.10 Å². The van der Waals surface area contributed by atoms with Crippen LogP contribution in [0.5, 0.6) is 11.5 Å². The second-order valence-electron chi connectivity index (χ2n) is 6.91. The number of benzene rings is 2. The number of nitrogens with zero attached hydrogens (tertiary/aromatic N) is 2. The molecule has 1 aliphatic rings. The smallest absolute Gasteiger partial charge is 0.339 e. The zero-order chi connectivity index (χ0) is 22.0. The van der Waals surface area contributed by atoms with E-state index in [9.17, 15) is 14.7 Å². The Morgan fingerprint density at radius 3 is 2.63 bits per heavy atom. The van der Waals surface area contributed by atoms with Crippen LogP contribution in [0.4, 0.5) is 5.69 Å². The summed E-state index contributed by atoms with van der Waals surface area (Å²) >= 11 is 6.14. The maximum atomic E-state index is 13.0. The van der Waals surface area contributed by atoms with Crippen LogP contribution in [0.2, 0.25) is 5.02 Å². The number of rotatable bonds is 5. The number of carbonyl (C=O) groups excluding carboxylic acids is 2. The van der Waals surface area contributed by atoms with Crippen LogP contribution in [0.3, 0.4) is 0 Å². The maximum Gasteiger partial charge on any atom is 0.339 e. The SMILES string of the molecule is COc1cc(/C=C2\C(=O)N(c3ccc(Cl)c(C(=O)OC(C)C)c3)N=C2C)ccc1O. The van der Waals surface area contributed by atoms with Crippen molar-refractivity contribution in [2.75, 3.05) is 12.1 Å². The number of halogens is 1. The molecule has 0 spiro atoms. The van der Waals surface area contributed by atoms with Gasteiger partial charge < -0.3 is 14.6 Å². The summed E-state index contributed by atoms with van der Waals surface area (Å²) < 4.78 is 10.3. The third-order valence-corrected chi connectivity index (χ3v) is 4.66. The molecule has 1 heterocycles. The molecule has 0 saturated heterocycles. The number of ether oxygens (including phenoxy) is 2. The van der Waals surface area contributed by atoms with Crippen LogP contribution in [0.25, 0.3) is 6.08 Å². The van der Waals surface area contributed by atoms with Crippen LogP contribution in [-0.4, -0.2) is 35.9 Å². The van der Waals surface area contributed by atoms with Crippen molar-refractivity contribution in [2.45, 2.75) is 26.9 Å². The standard InChI is InChI=1S/C22H21ClN2O5/c1-12(2)30-22(28)17-11-15(6-7-18(17)23)25-21(27)16(13(3)24-25)9-14-5-8-19(26)20(10-14)29-4/h5-12,26H,1-4H3/b16-9-. The lowest BCUT2D eigenvalue weighted by atomic mass is 10.1. The van der Waals surface area contributed by atoms with Gasteiger partial charge in [-0.1, -0.05) is 17.7 Å². The molecule has 0 aromatic heterocycles. The summed E-state index contributed by atoms with van der Waals surface area (Å²) in [6.45, 7) is 5.19. The molecule has 0 bridgehead atoms. The topological polar surface area (TPSA) is 88.4 Å². The molecular formula is C22H21ClN2O5. The number of anilines is 1. The summed E-state index contributed by atoms with van der Waals surface area (Å²) in [7, 11) is 1.45. The molecule has 7 nitrogen and oxygen atoms in total. The zero-order valence-electron chi connectivity index (χ0n) is 17.0. The van der Waals surface area contributed by atoms with E-state index in [1.807, 2.05) is 0 Å². The fraction of sp³-hybridized carbons (Fsp3) is 0.227. The predicted octanol–water partition coefficient (Wildman–Crippen LogP) is 4.43. The number of esters is 1. The van der Waals surface area contributed by atoms with Gasteiger partial charge in [-0.2, -0.15) is 10.1 Å². The number of hydrazone groups is 1. The van der Waals surface area contributed by atoms with Gasteiger partial charge in [-0.05, 0) is 62.7 Å². The van der Waals surface area contributed by atoms with Gasteiger partial charge in [0.25, 0.3) is 5.91 Å². The van der Waals surface area contributed by atoms with Crippen LogP contribution < -0.4 is 9.75 Å². The van der Waals surface area contributed by atoms with E-state index in [0.717, 1.165) is 0 Å². The van der Waals surface area contributed by atoms with E-state index < -0.39 is 5.97 Å². The highest BCUT2D eigenvalue weighted by Crippen LogP contribution is 2.31. The highest BCUT2D eigenvalue weighted by molar-refractivity contribution is 6.34. The first-order valence-corrected chi connectivity index (χ1v) is 9.58. The van der Waals surface area contributed by atoms with Gasteiger partial charge in [0.2, 0.25) is 0 Å². The van der Waals surface area contributed by atoms with Gasteiger partial charge in [-0.3, -0.25) is 4.79 Å². The zero-order valence-corrected chi connectivity index (χ0v) is 17.7. The first-order valence-electron chi connectivity index (χ1n) is 9.20. The Hall–Kier alpha value is -3.32. The Morgan fingerprint density at radius 2 is 1.97 bits per heavy atom. The number of carbonyl (C=O) groups is 2. The Labute approximate surface area is 179 Å². The van der Waals surface area contributed by atoms with Crippen LogP contribution in [0.1, 0.15) is 36.7 Å². The van der Waals surface area contributed by atoms with Crippen LogP contribution >= 0.6 is 11.6 Å². The third-order valence-electron chi connectivity index (χ3n) is 4.33. The van der Waals surface area contributed by atoms with Crippen molar-refractivity contribution in [1.29, 1.82) is 0 Å². The molecule has 1 amide bonds. The Morgan fingerprint density at radius 1 is 1.23 bits per heavy atom. The van der Waals surface area contributed by atoms with Crippen molar-refractivity contribution < 1.29 is 24.2 Å². The van der Waals surface area contributed by atoms with Crippen molar-refractivity contribution >= 4 is 41.0 Å². The summed E-state index contributed by atoms with van der Waals surface area (Å²) in [6, 6.07) is 9.38. The molecule has 1 aliphatic heterocycles. The van der Waals surface area contributed by atoms with E-state index in [1.54, 1.807) is 45.0 Å². The highest BCUT2D eigenvalue weighted by atomic mass is 35.5. The third kappa shape index (κ3) is 4.31. The average molecular weight is 429 g/mol. The number of methoxy groups -OCH3 is 1. The Balaban J connectivity index is 1.93. The predicted molar refractivity (Wildman–Crippen MR) is 115 cm³/mol. The number of aromatic hydroxyl groups is 1. The summed E-state index contributed by atoms with van der Waals surface area (Å²) in [5, 5.41) is 15.5. The van der Waals surface area contributed by atoms with Crippen LogP contribution in [-0.2, 0) is 9.53 Å². The van der Waals surface area contributed by atoms with Crippen molar-refractivity contribution in [3.8, 4) is 11.5 Å². The van der Waals surface area contributed by atoms with Gasteiger partial charge in [-0.15, -0.1) is 0 Å². The molecule has 1 N–H and O–H groups in total. The molecule has 0 fully saturated rings. The van der Waals surface area contributed by atoms with Crippen molar-refractivity contribution in [3.05, 3.63) is 58.1 Å². The van der Waals surface area contributed by atoms with Gasteiger partial charge in [0.05, 0.1) is 40.8 Å². The average Bonchev–Trinajstić information content (AvgIpc) is 2.97. The summed E-state index contributed by atoms with van der Waals surface area (Å²) in [5.74, 6) is -0.625. The molecule has 2 aromatic carbocycles. The van der Waals surface area contributed by atoms with E-state index in [0.29, 0.717) is 28.3 Å². The molecule has 8 heteroatoms. The molecule has 0 atom stereocenters. The first kappa shape index (κ1) is 21.4. The molecular weight excluding hydrogens is 408 g/mol. The van der Waals surface area contributed by atoms with E-state index >= 15 is 0 Å². The number of amides is 1. The summed E-state index contributed by atoms with van der Waals surface area (Å²) in [6.07, 6.45) is 1.36. The quantitative estimate of drug-likeness (QED) is 0.562. The van der Waals surface area contributed by atoms with E-state index in [2.05, 4.69) is 5.10 Å². The fourth-order valence-corrected chi connectivity index (χ4v) is 3.08. The van der Waals surface area contributed by atoms with Gasteiger partial charge in [0.15, 0.2) is 11.5 Å². The summed E-state index contributed by atoms with van der Waals surface area (Å²) in [4.78, 5) is 25.3. The van der Waals surface area contributed by atoms with Crippen molar-refractivity contribution in [3.63, 3.8) is 0 Å². The minimum absolute atomic E-state index is 0.00592. The second-order valence-corrected chi connectivity index (χ2v) is 7.32. The highest BCUT2D eigenvalue weighted by Gasteiger charge is 2.29. The fourth-order valence-electron chi connectivity index (χ4n) is 2.89. The summed E-state index contributed by atoms with van der Waals surface area (Å²) in [5.41, 5.74) is 2.11. The lowest BCUT2D eigenvalue weighted by molar-refractivity contribution is -0.114. The molecule has 0 radical (unpaired) electrons. The van der Waals surface area contributed by atoms with E-state index in [4.69, 9.17) is 21.1 Å². The molecule has 0 saturated carbocycles. The molecule has 3 rings (SSSR count). The van der Waals surface area contributed by atoms with Gasteiger partial charge >= 0.3 is 5.97 Å². The monoisotopic (exact) mass is 428 g/mol. The van der Waals surface area contributed by atoms with Crippen molar-refractivity contribution in [1.82, 2.24) is 0 Å². The first-order chi connectivity index (χ1) is 14.2. The normalized spacial score (nSPS) is 15.0. The van der Waals surface area contributed by atoms with Gasteiger partial charge in [0, 0.05) is 0 Å². The molecule has 30 heavy (non-hydrogen) atoms. The maximum absolute atomic E-state index is 13.0. The minimum atomic E-state index is -0.573. The minimum Gasteiger partial charge on any atom is -0.504 e. The lowest BCUT2D eigenvalue weighted by Gasteiger charge is -2.15. The number of hydrogen-bond acceptors (Lipinski definition) is 6. The lowest BCUT2D eigenvalue weighted by Crippen LogP contribution is -2.22. The van der Waals surface area contributed by atoms with Crippen LogP contribution in [0, 0.1) is 0 Å². The molecule has 2 aromatic rings.